The Balaban J connectivity index is 2.93. The Morgan fingerprint density at radius 1 is 0.914 bits per heavy atom. The van der Waals surface area contributed by atoms with Crippen LogP contribution < -0.4 is 27.4 Å². The van der Waals surface area contributed by atoms with Crippen LogP contribution in [0.5, 0.6) is 5.75 Å². The van der Waals surface area contributed by atoms with Crippen LogP contribution in [-0.2, 0) is 25.6 Å². The number of phenols is 1. The third-order valence-electron chi connectivity index (χ3n) is 5.21. The molecule has 5 atom stereocenters. The van der Waals surface area contributed by atoms with Crippen LogP contribution >= 0.6 is 0 Å². The molecule has 196 valence electrons. The first-order valence-corrected chi connectivity index (χ1v) is 11.2. The first-order chi connectivity index (χ1) is 16.5. The second-order valence-corrected chi connectivity index (χ2v) is 8.13. The van der Waals surface area contributed by atoms with E-state index in [1.807, 2.05) is 0 Å². The average molecular weight is 498 g/mol. The van der Waals surface area contributed by atoms with Gasteiger partial charge in [-0.05, 0) is 50.4 Å². The number of hydrogen-bond acceptors (Lipinski definition) is 9. The monoisotopic (exact) mass is 497 g/mol. The molecule has 0 aliphatic heterocycles. The van der Waals surface area contributed by atoms with Gasteiger partial charge < -0.3 is 47.8 Å². The molecule has 0 aliphatic carbocycles. The van der Waals surface area contributed by atoms with Crippen LogP contribution in [0, 0.1) is 0 Å². The van der Waals surface area contributed by atoms with Gasteiger partial charge in [0, 0.05) is 6.42 Å². The summed E-state index contributed by atoms with van der Waals surface area (Å²) in [7, 11) is 0. The molecule has 1 aromatic carbocycles. The van der Waals surface area contributed by atoms with E-state index in [1.54, 1.807) is 0 Å². The molecular weight excluding hydrogens is 462 g/mol. The summed E-state index contributed by atoms with van der Waals surface area (Å²) in [6.07, 6.45) is -0.169. The smallest absolute Gasteiger partial charge is 0.326 e. The molecule has 0 aliphatic rings. The zero-order chi connectivity index (χ0) is 26.5. The zero-order valence-electron chi connectivity index (χ0n) is 19.5. The molecule has 0 radical (unpaired) electrons. The number of hydrogen-bond donors (Lipinski definition) is 9. The maximum absolute atomic E-state index is 12.9. The topological polar surface area (TPSA) is 237 Å². The van der Waals surface area contributed by atoms with Crippen LogP contribution in [-0.4, -0.2) is 87.5 Å². The summed E-state index contributed by atoms with van der Waals surface area (Å²) in [6, 6.07) is 0.526. The number of aliphatic carboxylic acids is 1. The summed E-state index contributed by atoms with van der Waals surface area (Å²) in [6.45, 7) is 0.820. The Kier molecular flexibility index (Phi) is 12.7. The number of carboxylic acids is 1. The first kappa shape index (κ1) is 29.8. The van der Waals surface area contributed by atoms with Gasteiger partial charge >= 0.3 is 5.97 Å². The largest absolute Gasteiger partial charge is 0.508 e. The van der Waals surface area contributed by atoms with Crippen molar-refractivity contribution in [1.82, 2.24) is 16.0 Å². The van der Waals surface area contributed by atoms with Gasteiger partial charge in [0.2, 0.25) is 17.7 Å². The molecule has 0 saturated carbocycles. The summed E-state index contributed by atoms with van der Waals surface area (Å²) in [5, 5.41) is 44.9. The van der Waals surface area contributed by atoms with Crippen molar-refractivity contribution < 1.29 is 39.6 Å². The molecule has 11 N–H and O–H groups in total. The van der Waals surface area contributed by atoms with Gasteiger partial charge in [-0.2, -0.15) is 0 Å². The summed E-state index contributed by atoms with van der Waals surface area (Å²) < 4.78 is 0. The highest BCUT2D eigenvalue weighted by atomic mass is 16.4. The number of aliphatic hydroxyl groups excluding tert-OH is 2. The number of nitrogens with one attached hydrogen (secondary N) is 3. The van der Waals surface area contributed by atoms with E-state index in [0.717, 1.165) is 0 Å². The fourth-order valence-electron chi connectivity index (χ4n) is 3.06. The highest BCUT2D eigenvalue weighted by Gasteiger charge is 2.30. The molecule has 0 heterocycles. The maximum atomic E-state index is 12.9. The van der Waals surface area contributed by atoms with E-state index in [2.05, 4.69) is 16.0 Å². The number of aromatic hydroxyl groups is 1. The molecule has 0 spiro atoms. The molecule has 0 saturated heterocycles. The number of carbonyl (C=O) groups excluding carboxylic acids is 3. The third-order valence-corrected chi connectivity index (χ3v) is 5.21. The molecule has 3 amide bonds. The molecule has 1 rings (SSSR count). The van der Waals surface area contributed by atoms with Crippen molar-refractivity contribution in [2.75, 3.05) is 13.2 Å². The van der Waals surface area contributed by atoms with Crippen molar-refractivity contribution in [3.63, 3.8) is 0 Å². The van der Waals surface area contributed by atoms with Crippen LogP contribution in [0.2, 0.25) is 0 Å². The van der Waals surface area contributed by atoms with Gasteiger partial charge in [0.05, 0.1) is 12.7 Å². The highest BCUT2D eigenvalue weighted by molar-refractivity contribution is 5.94. The van der Waals surface area contributed by atoms with Crippen LogP contribution in [0.15, 0.2) is 24.3 Å². The summed E-state index contributed by atoms with van der Waals surface area (Å²) >= 11 is 0. The summed E-state index contributed by atoms with van der Waals surface area (Å²) in [5.41, 5.74) is 11.6. The number of carboxylic acid groups (broad SMARTS) is 1. The first-order valence-electron chi connectivity index (χ1n) is 11.2. The Hall–Kier alpha value is -3.26. The molecule has 1 aromatic rings. The molecular formula is C22H35N5O8. The van der Waals surface area contributed by atoms with Gasteiger partial charge in [-0.1, -0.05) is 12.1 Å². The molecule has 0 fully saturated rings. The molecule has 0 aromatic heterocycles. The molecule has 13 nitrogen and oxygen atoms in total. The fourth-order valence-corrected chi connectivity index (χ4v) is 3.06. The summed E-state index contributed by atoms with van der Waals surface area (Å²) in [4.78, 5) is 49.3. The lowest BCUT2D eigenvalue weighted by Crippen LogP contribution is -2.59. The van der Waals surface area contributed by atoms with Gasteiger partial charge in [0.25, 0.3) is 0 Å². The fraction of sp³-hybridized carbons (Fsp3) is 0.545. The number of nitrogens with two attached hydrogens (primary N) is 2. The van der Waals surface area contributed by atoms with Crippen molar-refractivity contribution in [3.05, 3.63) is 29.8 Å². The Morgan fingerprint density at radius 3 is 1.97 bits per heavy atom. The number of unbranched alkanes of at least 4 members (excludes halogenated alkanes) is 1. The minimum absolute atomic E-state index is 0.00673. The zero-order valence-corrected chi connectivity index (χ0v) is 19.5. The van der Waals surface area contributed by atoms with Crippen LogP contribution in [0.3, 0.4) is 0 Å². The Labute approximate surface area is 202 Å². The molecule has 0 bridgehead atoms. The van der Waals surface area contributed by atoms with E-state index in [0.29, 0.717) is 24.9 Å². The minimum atomic E-state index is -1.45. The van der Waals surface area contributed by atoms with Crippen molar-refractivity contribution in [1.29, 1.82) is 0 Å². The lowest BCUT2D eigenvalue weighted by atomic mass is 10.0. The highest BCUT2D eigenvalue weighted by Crippen LogP contribution is 2.12. The van der Waals surface area contributed by atoms with Crippen LogP contribution in [0.1, 0.15) is 31.7 Å². The number of carbonyl (C=O) groups is 4. The van der Waals surface area contributed by atoms with Gasteiger partial charge in [0.15, 0.2) is 0 Å². The van der Waals surface area contributed by atoms with Gasteiger partial charge in [-0.25, -0.2) is 4.79 Å². The van der Waals surface area contributed by atoms with E-state index < -0.39 is 60.6 Å². The number of rotatable bonds is 15. The Bertz CT molecular complexity index is 849. The number of amides is 3. The average Bonchev–Trinajstić information content (AvgIpc) is 2.81. The predicted octanol–water partition coefficient (Wildman–Crippen LogP) is -2.70. The van der Waals surface area contributed by atoms with Crippen LogP contribution in [0.4, 0.5) is 0 Å². The number of aliphatic hydroxyl groups is 2. The standard InChI is InChI=1S/C22H35N5O8/c1-12(29)18(24)21(33)27-17(11-28)20(32)25-15(4-2-3-9-23)19(31)26-16(22(34)35)10-13-5-7-14(30)8-6-13/h5-8,12,15-18,28-30H,2-4,9-11,23-24H2,1H3,(H,25,32)(H,26,31)(H,27,33)(H,34,35)/t12?,15-,16-,17-,18-/m0/s1. The van der Waals surface area contributed by atoms with Gasteiger partial charge in [0.1, 0.15) is 29.9 Å². The minimum Gasteiger partial charge on any atom is -0.508 e. The maximum Gasteiger partial charge on any atom is 0.326 e. The van der Waals surface area contributed by atoms with Crippen molar-refractivity contribution in [3.8, 4) is 5.75 Å². The predicted molar refractivity (Wildman–Crippen MR) is 125 cm³/mol. The number of benzene rings is 1. The van der Waals surface area contributed by atoms with Crippen molar-refractivity contribution in [2.45, 2.75) is 62.9 Å². The normalized spacial score (nSPS) is 15.2. The summed E-state index contributed by atoms with van der Waals surface area (Å²) in [5.74, 6) is -3.83. The van der Waals surface area contributed by atoms with Crippen LogP contribution in [0.25, 0.3) is 0 Å². The van der Waals surface area contributed by atoms with E-state index in [-0.39, 0.29) is 18.6 Å². The van der Waals surface area contributed by atoms with E-state index in [9.17, 15) is 39.6 Å². The molecule has 35 heavy (non-hydrogen) atoms. The Morgan fingerprint density at radius 2 is 1.46 bits per heavy atom. The molecule has 1 unspecified atom stereocenters. The van der Waals surface area contributed by atoms with E-state index >= 15 is 0 Å². The second kappa shape index (κ2) is 14.9. The second-order valence-electron chi connectivity index (χ2n) is 8.13. The SMILES string of the molecule is CC(O)[C@H](N)C(=O)N[C@@H](CO)C(=O)N[C@@H](CCCCN)C(=O)N[C@@H](Cc1ccc(O)cc1)C(=O)O. The quantitative estimate of drug-likeness (QED) is 0.114. The number of phenolic OH excluding ortho intramolecular Hbond substituents is 1. The lowest BCUT2D eigenvalue weighted by Gasteiger charge is -2.25. The van der Waals surface area contributed by atoms with Crippen molar-refractivity contribution in [2.24, 2.45) is 11.5 Å². The van der Waals surface area contributed by atoms with E-state index in [4.69, 9.17) is 11.5 Å². The molecule has 13 heteroatoms. The lowest BCUT2D eigenvalue weighted by molar-refractivity contribution is -0.142. The third kappa shape index (κ3) is 10.3. The van der Waals surface area contributed by atoms with Gasteiger partial charge in [-0.3, -0.25) is 14.4 Å². The van der Waals surface area contributed by atoms with Gasteiger partial charge in [-0.15, -0.1) is 0 Å². The van der Waals surface area contributed by atoms with Crippen molar-refractivity contribution >= 4 is 23.7 Å². The van der Waals surface area contributed by atoms with E-state index in [1.165, 1.54) is 31.2 Å².